The normalized spacial score (nSPS) is 19.7. The number of carbonyl (C=O) groups excluding carboxylic acids is 2. The summed E-state index contributed by atoms with van der Waals surface area (Å²) in [5.41, 5.74) is 0.477. The standard InChI is InChI=1S/C17H20BrF2NO5/c1-24-12-8-13(16(23)25-2)21(9-12)15(22)6-3-10-7-11(18)4-5-14(10)26-17(19)20/h4-5,7,12-13,17H,3,6,8-9H2,1-2H3/t12-,13+/m1/s1. The van der Waals surface area contributed by atoms with Gasteiger partial charge in [0.05, 0.1) is 13.2 Å². The third-order valence-electron chi connectivity index (χ3n) is 4.24. The lowest BCUT2D eigenvalue weighted by atomic mass is 10.1. The Bertz CT molecular complexity index is 658. The van der Waals surface area contributed by atoms with E-state index in [1.807, 2.05) is 0 Å². The molecule has 1 aromatic carbocycles. The molecule has 1 aliphatic rings. The van der Waals surface area contributed by atoms with Gasteiger partial charge in [-0.15, -0.1) is 0 Å². The predicted octanol–water partition coefficient (Wildman–Crippen LogP) is 2.77. The summed E-state index contributed by atoms with van der Waals surface area (Å²) in [5.74, 6) is -0.748. The molecule has 1 saturated heterocycles. The number of benzene rings is 1. The molecule has 0 bridgehead atoms. The zero-order valence-corrected chi connectivity index (χ0v) is 16.0. The molecule has 26 heavy (non-hydrogen) atoms. The number of methoxy groups -OCH3 is 2. The minimum absolute atomic E-state index is 0.0247. The summed E-state index contributed by atoms with van der Waals surface area (Å²) in [6, 6.07) is 3.94. The van der Waals surface area contributed by atoms with Crippen molar-refractivity contribution in [2.45, 2.75) is 38.0 Å². The van der Waals surface area contributed by atoms with Crippen molar-refractivity contribution in [2.75, 3.05) is 20.8 Å². The average Bonchev–Trinajstić information content (AvgIpc) is 3.05. The van der Waals surface area contributed by atoms with Crippen LogP contribution in [0.25, 0.3) is 0 Å². The third kappa shape index (κ3) is 5.14. The molecule has 0 N–H and O–H groups in total. The summed E-state index contributed by atoms with van der Waals surface area (Å²) in [7, 11) is 2.78. The predicted molar refractivity (Wildman–Crippen MR) is 92.0 cm³/mol. The van der Waals surface area contributed by atoms with Gasteiger partial charge in [-0.3, -0.25) is 4.79 Å². The van der Waals surface area contributed by atoms with Crippen LogP contribution in [-0.4, -0.2) is 56.3 Å². The summed E-state index contributed by atoms with van der Waals surface area (Å²) in [4.78, 5) is 25.9. The number of rotatable bonds is 7. The summed E-state index contributed by atoms with van der Waals surface area (Å²) >= 11 is 3.27. The van der Waals surface area contributed by atoms with Gasteiger partial charge in [-0.1, -0.05) is 15.9 Å². The Morgan fingerprint density at radius 2 is 2.08 bits per heavy atom. The second kappa shape index (κ2) is 9.27. The highest BCUT2D eigenvalue weighted by Crippen LogP contribution is 2.27. The van der Waals surface area contributed by atoms with Crippen LogP contribution in [0.5, 0.6) is 5.75 Å². The summed E-state index contributed by atoms with van der Waals surface area (Å²) < 4.78 is 40.2. The van der Waals surface area contributed by atoms with Crippen LogP contribution in [0, 0.1) is 0 Å². The largest absolute Gasteiger partial charge is 0.467 e. The number of carbonyl (C=O) groups is 2. The van der Waals surface area contributed by atoms with E-state index < -0.39 is 18.6 Å². The Labute approximate surface area is 158 Å². The Morgan fingerprint density at radius 3 is 2.69 bits per heavy atom. The molecule has 1 amide bonds. The van der Waals surface area contributed by atoms with Gasteiger partial charge < -0.3 is 19.1 Å². The molecule has 1 aliphatic heterocycles. The number of amides is 1. The van der Waals surface area contributed by atoms with E-state index >= 15 is 0 Å². The molecule has 2 rings (SSSR count). The quantitative estimate of drug-likeness (QED) is 0.616. The van der Waals surface area contributed by atoms with E-state index in [2.05, 4.69) is 20.7 Å². The molecule has 0 aliphatic carbocycles. The molecular weight excluding hydrogens is 416 g/mol. The Kier molecular flexibility index (Phi) is 7.33. The van der Waals surface area contributed by atoms with Gasteiger partial charge in [0.25, 0.3) is 0 Å². The first-order valence-corrected chi connectivity index (χ1v) is 8.78. The van der Waals surface area contributed by atoms with Crippen molar-refractivity contribution in [3.8, 4) is 5.75 Å². The Morgan fingerprint density at radius 1 is 1.35 bits per heavy atom. The van der Waals surface area contributed by atoms with Gasteiger partial charge >= 0.3 is 12.6 Å². The van der Waals surface area contributed by atoms with Crippen molar-refractivity contribution in [3.05, 3.63) is 28.2 Å². The van der Waals surface area contributed by atoms with E-state index in [0.29, 0.717) is 16.5 Å². The smallest absolute Gasteiger partial charge is 0.387 e. The molecule has 1 heterocycles. The van der Waals surface area contributed by atoms with Crippen LogP contribution in [0.4, 0.5) is 8.78 Å². The number of ether oxygens (including phenoxy) is 3. The minimum atomic E-state index is -2.95. The number of halogens is 3. The fourth-order valence-corrected chi connectivity index (χ4v) is 3.35. The number of likely N-dealkylation sites (tertiary alicyclic amines) is 1. The molecule has 0 spiro atoms. The van der Waals surface area contributed by atoms with Gasteiger partial charge in [-0.25, -0.2) is 4.79 Å². The first-order chi connectivity index (χ1) is 12.3. The van der Waals surface area contributed by atoms with E-state index in [1.54, 1.807) is 12.1 Å². The lowest BCUT2D eigenvalue weighted by molar-refractivity contribution is -0.150. The number of hydrogen-bond acceptors (Lipinski definition) is 5. The fraction of sp³-hybridized carbons (Fsp3) is 0.529. The average molecular weight is 436 g/mol. The van der Waals surface area contributed by atoms with Crippen molar-refractivity contribution in [3.63, 3.8) is 0 Å². The highest BCUT2D eigenvalue weighted by molar-refractivity contribution is 9.10. The number of alkyl halides is 2. The number of nitrogens with zero attached hydrogens (tertiary/aromatic N) is 1. The van der Waals surface area contributed by atoms with E-state index in [-0.39, 0.29) is 37.1 Å². The molecule has 0 aromatic heterocycles. The molecule has 0 saturated carbocycles. The van der Waals surface area contributed by atoms with Gasteiger partial charge in [-0.2, -0.15) is 8.78 Å². The van der Waals surface area contributed by atoms with Gasteiger partial charge in [0.15, 0.2) is 0 Å². The van der Waals surface area contributed by atoms with Gasteiger partial charge in [-0.05, 0) is 30.2 Å². The van der Waals surface area contributed by atoms with Crippen LogP contribution in [-0.2, 0) is 25.5 Å². The van der Waals surface area contributed by atoms with E-state index in [1.165, 1.54) is 25.2 Å². The second-order valence-electron chi connectivity index (χ2n) is 5.81. The van der Waals surface area contributed by atoms with Crippen LogP contribution >= 0.6 is 15.9 Å². The maximum atomic E-state index is 12.6. The van der Waals surface area contributed by atoms with Gasteiger partial charge in [0.2, 0.25) is 5.91 Å². The second-order valence-corrected chi connectivity index (χ2v) is 6.72. The van der Waals surface area contributed by atoms with Crippen LogP contribution in [0.15, 0.2) is 22.7 Å². The SMILES string of the molecule is COC(=O)[C@@H]1C[C@@H](OC)CN1C(=O)CCc1cc(Br)ccc1OC(F)F. The highest BCUT2D eigenvalue weighted by Gasteiger charge is 2.40. The maximum absolute atomic E-state index is 12.6. The molecule has 9 heteroatoms. The Balaban J connectivity index is 2.08. The zero-order chi connectivity index (χ0) is 19.3. The first kappa shape index (κ1) is 20.6. The molecule has 0 unspecified atom stereocenters. The summed E-state index contributed by atoms with van der Waals surface area (Å²) in [5, 5.41) is 0. The van der Waals surface area contributed by atoms with Crippen molar-refractivity contribution in [1.82, 2.24) is 4.90 Å². The summed E-state index contributed by atoms with van der Waals surface area (Å²) in [6.45, 7) is -2.66. The van der Waals surface area contributed by atoms with Crippen LogP contribution in [0.1, 0.15) is 18.4 Å². The monoisotopic (exact) mass is 435 g/mol. The number of aryl methyl sites for hydroxylation is 1. The van der Waals surface area contributed by atoms with E-state index in [9.17, 15) is 18.4 Å². The zero-order valence-electron chi connectivity index (χ0n) is 14.4. The third-order valence-corrected chi connectivity index (χ3v) is 4.73. The number of hydrogen-bond donors (Lipinski definition) is 0. The lowest BCUT2D eigenvalue weighted by Gasteiger charge is -2.22. The first-order valence-electron chi connectivity index (χ1n) is 7.99. The molecule has 1 aromatic rings. The molecular formula is C17H20BrF2NO5. The van der Waals surface area contributed by atoms with Crippen LogP contribution in [0.3, 0.4) is 0 Å². The topological polar surface area (TPSA) is 65.1 Å². The van der Waals surface area contributed by atoms with Gasteiger partial charge in [0.1, 0.15) is 11.8 Å². The van der Waals surface area contributed by atoms with Crippen LogP contribution < -0.4 is 4.74 Å². The molecule has 6 nitrogen and oxygen atoms in total. The summed E-state index contributed by atoms with van der Waals surface area (Å²) in [6.07, 6.45) is 0.361. The van der Waals surface area contributed by atoms with Crippen molar-refractivity contribution in [1.29, 1.82) is 0 Å². The highest BCUT2D eigenvalue weighted by atomic mass is 79.9. The molecule has 0 radical (unpaired) electrons. The van der Waals surface area contributed by atoms with Crippen LogP contribution in [0.2, 0.25) is 0 Å². The number of esters is 1. The van der Waals surface area contributed by atoms with Crippen molar-refractivity contribution >= 4 is 27.8 Å². The Hall–Kier alpha value is -1.74. The van der Waals surface area contributed by atoms with Crippen molar-refractivity contribution in [2.24, 2.45) is 0 Å². The molecule has 144 valence electrons. The molecule has 1 fully saturated rings. The fourth-order valence-electron chi connectivity index (χ4n) is 2.94. The minimum Gasteiger partial charge on any atom is -0.467 e. The van der Waals surface area contributed by atoms with Crippen molar-refractivity contribution < 1.29 is 32.6 Å². The van der Waals surface area contributed by atoms with E-state index in [4.69, 9.17) is 9.47 Å². The maximum Gasteiger partial charge on any atom is 0.387 e. The van der Waals surface area contributed by atoms with E-state index in [0.717, 1.165) is 0 Å². The van der Waals surface area contributed by atoms with Gasteiger partial charge in [0, 0.05) is 31.0 Å². The molecule has 2 atom stereocenters. The lowest BCUT2D eigenvalue weighted by Crippen LogP contribution is -2.41.